The first-order valence-electron chi connectivity index (χ1n) is 6.14. The van der Waals surface area contributed by atoms with Crippen molar-refractivity contribution in [1.82, 2.24) is 5.43 Å². The maximum absolute atomic E-state index is 11.4. The molecule has 1 aliphatic carbocycles. The minimum atomic E-state index is 0.0505. The highest BCUT2D eigenvalue weighted by Crippen LogP contribution is 2.28. The molecule has 0 radical (unpaired) electrons. The highest BCUT2D eigenvalue weighted by atomic mass is 16.2. The molecule has 2 rings (SSSR count). The van der Waals surface area contributed by atoms with E-state index in [0.29, 0.717) is 0 Å². The Morgan fingerprint density at radius 1 is 1.35 bits per heavy atom. The van der Waals surface area contributed by atoms with Gasteiger partial charge >= 0.3 is 0 Å². The highest BCUT2D eigenvalue weighted by Gasteiger charge is 2.29. The van der Waals surface area contributed by atoms with E-state index in [4.69, 9.17) is 0 Å². The van der Waals surface area contributed by atoms with Crippen LogP contribution in [0.25, 0.3) is 0 Å². The van der Waals surface area contributed by atoms with E-state index in [9.17, 15) is 4.79 Å². The van der Waals surface area contributed by atoms with Crippen LogP contribution in [0.15, 0.2) is 29.4 Å². The van der Waals surface area contributed by atoms with Crippen LogP contribution in [0.5, 0.6) is 0 Å². The largest absolute Gasteiger partial charge is 0.273 e. The van der Waals surface area contributed by atoms with Crippen LogP contribution in [-0.4, -0.2) is 11.6 Å². The third-order valence-corrected chi connectivity index (χ3v) is 3.06. The van der Waals surface area contributed by atoms with Gasteiger partial charge < -0.3 is 0 Å². The van der Waals surface area contributed by atoms with E-state index in [0.717, 1.165) is 30.5 Å². The summed E-state index contributed by atoms with van der Waals surface area (Å²) in [6, 6.07) is 8.27. The summed E-state index contributed by atoms with van der Waals surface area (Å²) in [5, 5.41) is 4.13. The normalized spacial score (nSPS) is 15.8. The summed E-state index contributed by atoms with van der Waals surface area (Å²) in [6.07, 6.45) is 3.05. The smallest absolute Gasteiger partial charge is 0.243 e. The molecule has 1 saturated carbocycles. The molecule has 1 aromatic carbocycles. The van der Waals surface area contributed by atoms with Crippen molar-refractivity contribution in [2.75, 3.05) is 0 Å². The second-order valence-corrected chi connectivity index (χ2v) is 4.50. The molecular formula is C14H18N2O. The van der Waals surface area contributed by atoms with E-state index in [2.05, 4.69) is 29.6 Å². The van der Waals surface area contributed by atoms with E-state index in [-0.39, 0.29) is 11.8 Å². The van der Waals surface area contributed by atoms with Crippen molar-refractivity contribution in [3.8, 4) is 0 Å². The monoisotopic (exact) mass is 230 g/mol. The van der Waals surface area contributed by atoms with E-state index in [1.54, 1.807) is 0 Å². The molecule has 1 amide bonds. The Morgan fingerprint density at radius 2 is 2.00 bits per heavy atom. The van der Waals surface area contributed by atoms with Crippen LogP contribution in [0.3, 0.4) is 0 Å². The number of hydrogen-bond donors (Lipinski definition) is 1. The molecule has 1 aliphatic rings. The van der Waals surface area contributed by atoms with Gasteiger partial charge in [-0.2, -0.15) is 5.10 Å². The van der Waals surface area contributed by atoms with E-state index in [1.165, 1.54) is 5.56 Å². The third-order valence-electron chi connectivity index (χ3n) is 3.06. The number of aryl methyl sites for hydroxylation is 1. The maximum Gasteiger partial charge on any atom is 0.243 e. The van der Waals surface area contributed by atoms with Crippen molar-refractivity contribution in [2.24, 2.45) is 11.0 Å². The maximum atomic E-state index is 11.4. The molecule has 3 nitrogen and oxygen atoms in total. The number of amides is 1. The Bertz CT molecular complexity index is 430. The molecule has 0 aromatic heterocycles. The Morgan fingerprint density at radius 3 is 2.53 bits per heavy atom. The van der Waals surface area contributed by atoms with Gasteiger partial charge in [-0.1, -0.05) is 31.2 Å². The first-order valence-corrected chi connectivity index (χ1v) is 6.14. The van der Waals surface area contributed by atoms with Crippen molar-refractivity contribution in [1.29, 1.82) is 0 Å². The molecule has 1 aromatic rings. The Labute approximate surface area is 102 Å². The summed E-state index contributed by atoms with van der Waals surface area (Å²) in [7, 11) is 0. The molecule has 0 bridgehead atoms. The van der Waals surface area contributed by atoms with Crippen molar-refractivity contribution >= 4 is 11.6 Å². The van der Waals surface area contributed by atoms with Gasteiger partial charge in [-0.25, -0.2) is 5.43 Å². The van der Waals surface area contributed by atoms with Crippen molar-refractivity contribution in [2.45, 2.75) is 33.1 Å². The molecule has 90 valence electrons. The van der Waals surface area contributed by atoms with Crippen molar-refractivity contribution in [3.05, 3.63) is 35.4 Å². The standard InChI is InChI=1S/C14H18N2O/c1-3-11-4-6-12(7-5-11)10(2)15-16-14(17)13-8-9-13/h4-7,13H,3,8-9H2,1-2H3,(H,16,17)/b15-10-. The highest BCUT2D eigenvalue weighted by molar-refractivity contribution is 5.99. The molecule has 0 unspecified atom stereocenters. The van der Waals surface area contributed by atoms with E-state index >= 15 is 0 Å². The summed E-state index contributed by atoms with van der Waals surface area (Å²) >= 11 is 0. The second-order valence-electron chi connectivity index (χ2n) is 4.50. The van der Waals surface area contributed by atoms with Gasteiger partial charge in [0, 0.05) is 5.92 Å². The number of benzene rings is 1. The number of rotatable bonds is 4. The third kappa shape index (κ3) is 3.16. The average Bonchev–Trinajstić information content (AvgIpc) is 3.20. The quantitative estimate of drug-likeness (QED) is 0.626. The second kappa shape index (κ2) is 5.13. The molecule has 0 spiro atoms. The zero-order valence-electron chi connectivity index (χ0n) is 10.4. The summed E-state index contributed by atoms with van der Waals surface area (Å²) in [6.45, 7) is 4.04. The number of carbonyl (C=O) groups excluding carboxylic acids is 1. The summed E-state index contributed by atoms with van der Waals surface area (Å²) < 4.78 is 0. The van der Waals surface area contributed by atoms with Crippen LogP contribution in [0.4, 0.5) is 0 Å². The molecule has 1 fully saturated rings. The molecule has 0 heterocycles. The molecule has 17 heavy (non-hydrogen) atoms. The lowest BCUT2D eigenvalue weighted by Gasteiger charge is -2.03. The number of nitrogens with one attached hydrogen (secondary N) is 1. The lowest BCUT2D eigenvalue weighted by atomic mass is 10.1. The summed E-state index contributed by atoms with van der Waals surface area (Å²) in [5.74, 6) is 0.253. The summed E-state index contributed by atoms with van der Waals surface area (Å²) in [5.41, 5.74) is 5.83. The Hall–Kier alpha value is -1.64. The van der Waals surface area contributed by atoms with Gasteiger partial charge in [-0.3, -0.25) is 4.79 Å². The van der Waals surface area contributed by atoms with Crippen molar-refractivity contribution < 1.29 is 4.79 Å². The lowest BCUT2D eigenvalue weighted by Crippen LogP contribution is -2.20. The van der Waals surface area contributed by atoms with Crippen LogP contribution in [0.2, 0.25) is 0 Å². The molecule has 1 N–H and O–H groups in total. The topological polar surface area (TPSA) is 41.5 Å². The zero-order chi connectivity index (χ0) is 12.3. The zero-order valence-corrected chi connectivity index (χ0v) is 10.4. The van der Waals surface area contributed by atoms with Gasteiger partial charge in [0.1, 0.15) is 0 Å². The molecule has 0 atom stereocenters. The first kappa shape index (κ1) is 11.8. The molecule has 0 saturated heterocycles. The van der Waals surface area contributed by atoms with E-state index < -0.39 is 0 Å². The van der Waals surface area contributed by atoms with Crippen LogP contribution in [0, 0.1) is 5.92 Å². The van der Waals surface area contributed by atoms with Crippen LogP contribution >= 0.6 is 0 Å². The molecular weight excluding hydrogens is 212 g/mol. The Kier molecular flexibility index (Phi) is 3.57. The van der Waals surface area contributed by atoms with Gasteiger partial charge in [0.2, 0.25) is 5.91 Å². The van der Waals surface area contributed by atoms with Gasteiger partial charge in [-0.15, -0.1) is 0 Å². The lowest BCUT2D eigenvalue weighted by molar-refractivity contribution is -0.122. The van der Waals surface area contributed by atoms with Crippen LogP contribution < -0.4 is 5.43 Å². The Balaban J connectivity index is 1.99. The van der Waals surface area contributed by atoms with Crippen molar-refractivity contribution in [3.63, 3.8) is 0 Å². The van der Waals surface area contributed by atoms with Gasteiger partial charge in [0.05, 0.1) is 5.71 Å². The van der Waals surface area contributed by atoms with Gasteiger partial charge in [-0.05, 0) is 37.3 Å². The number of nitrogens with zero attached hydrogens (tertiary/aromatic N) is 1. The molecule has 0 aliphatic heterocycles. The number of carbonyl (C=O) groups is 1. The number of hydrogen-bond acceptors (Lipinski definition) is 2. The van der Waals surface area contributed by atoms with Gasteiger partial charge in [0.15, 0.2) is 0 Å². The predicted octanol–water partition coefficient (Wildman–Crippen LogP) is 2.50. The van der Waals surface area contributed by atoms with Gasteiger partial charge in [0.25, 0.3) is 0 Å². The first-order chi connectivity index (χ1) is 8.20. The fourth-order valence-corrected chi connectivity index (χ4v) is 1.62. The van der Waals surface area contributed by atoms with Crippen LogP contribution in [-0.2, 0) is 11.2 Å². The predicted molar refractivity (Wildman–Crippen MR) is 68.9 cm³/mol. The summed E-state index contributed by atoms with van der Waals surface area (Å²) in [4.78, 5) is 11.4. The fraction of sp³-hybridized carbons (Fsp3) is 0.429. The minimum Gasteiger partial charge on any atom is -0.273 e. The average molecular weight is 230 g/mol. The number of hydrazone groups is 1. The fourth-order valence-electron chi connectivity index (χ4n) is 1.62. The molecule has 3 heteroatoms. The SMILES string of the molecule is CCc1ccc(/C(C)=N\NC(=O)C2CC2)cc1. The van der Waals surface area contributed by atoms with E-state index in [1.807, 2.05) is 19.1 Å². The minimum absolute atomic E-state index is 0.0505. The van der Waals surface area contributed by atoms with Crippen LogP contribution in [0.1, 0.15) is 37.8 Å².